The molecule has 0 bridgehead atoms. The lowest BCUT2D eigenvalue weighted by molar-refractivity contribution is -0.139. The number of hydrogen-bond donors (Lipinski definition) is 2. The van der Waals surface area contributed by atoms with Gasteiger partial charge in [-0.2, -0.15) is 0 Å². The van der Waals surface area contributed by atoms with Gasteiger partial charge < -0.3 is 20.1 Å². The van der Waals surface area contributed by atoms with Crippen LogP contribution in [0.25, 0.3) is 0 Å². The molecule has 0 aromatic heterocycles. The number of nitrogens with one attached hydrogen (secondary N) is 1. The lowest BCUT2D eigenvalue weighted by atomic mass is 10.0. The fourth-order valence-corrected chi connectivity index (χ4v) is 1.57. The number of carbonyl (C=O) groups is 2. The highest BCUT2D eigenvalue weighted by Gasteiger charge is 2.23. The molecule has 1 atom stereocenters. The van der Waals surface area contributed by atoms with Crippen LogP contribution in [0.4, 0.5) is 4.79 Å². The van der Waals surface area contributed by atoms with Gasteiger partial charge in [0.05, 0.1) is 6.61 Å². The third-order valence-corrected chi connectivity index (χ3v) is 2.50. The van der Waals surface area contributed by atoms with Crippen molar-refractivity contribution in [3.8, 4) is 0 Å². The van der Waals surface area contributed by atoms with E-state index in [1.807, 2.05) is 13.8 Å². The van der Waals surface area contributed by atoms with Crippen LogP contribution in [-0.2, 0) is 9.53 Å². The maximum absolute atomic E-state index is 12.0. The van der Waals surface area contributed by atoms with Crippen LogP contribution in [0, 0.1) is 5.92 Å². The summed E-state index contributed by atoms with van der Waals surface area (Å²) in [6.45, 7) is 8.53. The zero-order chi connectivity index (χ0) is 14.8. The summed E-state index contributed by atoms with van der Waals surface area (Å²) in [4.78, 5) is 24.5. The molecule has 0 saturated heterocycles. The monoisotopic (exact) mass is 272 g/mol. The smallest absolute Gasteiger partial charge is 0.326 e. The minimum absolute atomic E-state index is 0.188. The number of nitrogens with zero attached hydrogens (tertiary/aromatic N) is 1. The number of carbonyl (C=O) groups excluding carboxylic acids is 1. The Kier molecular flexibility index (Phi) is 8.61. The average molecular weight is 272 g/mol. The van der Waals surface area contributed by atoms with Crippen molar-refractivity contribution >= 4 is 12.0 Å². The van der Waals surface area contributed by atoms with E-state index < -0.39 is 18.0 Å². The van der Waals surface area contributed by atoms with Gasteiger partial charge in [0.2, 0.25) is 0 Å². The van der Waals surface area contributed by atoms with Gasteiger partial charge in [-0.3, -0.25) is 0 Å². The molecule has 0 radical (unpaired) electrons. The number of hydrogen-bond acceptors (Lipinski definition) is 3. The lowest BCUT2D eigenvalue weighted by Gasteiger charge is -2.24. The number of amides is 2. The number of methoxy groups -OCH3 is 1. The van der Waals surface area contributed by atoms with E-state index >= 15 is 0 Å². The van der Waals surface area contributed by atoms with E-state index in [-0.39, 0.29) is 5.92 Å². The van der Waals surface area contributed by atoms with Gasteiger partial charge in [-0.25, -0.2) is 9.59 Å². The summed E-state index contributed by atoms with van der Waals surface area (Å²) >= 11 is 0. The number of urea groups is 1. The molecular formula is C13H24N2O4. The summed E-state index contributed by atoms with van der Waals surface area (Å²) in [6, 6.07) is -1.28. The fraction of sp³-hybridized carbons (Fsp3) is 0.692. The molecule has 0 aromatic rings. The molecule has 110 valence electrons. The van der Waals surface area contributed by atoms with Crippen molar-refractivity contribution in [3.63, 3.8) is 0 Å². The molecule has 0 fully saturated rings. The van der Waals surface area contributed by atoms with Crippen molar-refractivity contribution in [1.82, 2.24) is 10.2 Å². The Bertz CT molecular complexity index is 305. The number of rotatable bonds is 9. The van der Waals surface area contributed by atoms with E-state index in [1.165, 1.54) is 4.90 Å². The summed E-state index contributed by atoms with van der Waals surface area (Å²) in [7, 11) is 1.54. The molecule has 1 unspecified atom stereocenters. The van der Waals surface area contributed by atoms with Gasteiger partial charge in [-0.1, -0.05) is 19.9 Å². The van der Waals surface area contributed by atoms with Gasteiger partial charge in [0.15, 0.2) is 0 Å². The van der Waals surface area contributed by atoms with E-state index in [2.05, 4.69) is 11.9 Å². The van der Waals surface area contributed by atoms with Crippen LogP contribution in [0.1, 0.15) is 20.3 Å². The molecule has 0 aliphatic heterocycles. The molecule has 0 aliphatic carbocycles. The van der Waals surface area contributed by atoms with Gasteiger partial charge in [0.25, 0.3) is 0 Å². The fourth-order valence-electron chi connectivity index (χ4n) is 1.57. The Morgan fingerprint density at radius 2 is 2.11 bits per heavy atom. The van der Waals surface area contributed by atoms with Crippen LogP contribution in [0.3, 0.4) is 0 Å². The zero-order valence-corrected chi connectivity index (χ0v) is 11.9. The standard InChI is InChI=1S/C13H24N2O4/c1-5-6-15(7-8-19-4)13(18)14-11(12(16)17)9-10(2)3/h5,10-11H,1,6-9H2,2-4H3,(H,14,18)(H,16,17). The Labute approximate surface area is 114 Å². The molecule has 19 heavy (non-hydrogen) atoms. The van der Waals surface area contributed by atoms with Crippen molar-refractivity contribution in [1.29, 1.82) is 0 Å². The molecule has 2 amide bonds. The average Bonchev–Trinajstić information content (AvgIpc) is 2.32. The summed E-state index contributed by atoms with van der Waals surface area (Å²) in [5, 5.41) is 11.6. The largest absolute Gasteiger partial charge is 0.480 e. The lowest BCUT2D eigenvalue weighted by Crippen LogP contribution is -2.49. The first-order valence-corrected chi connectivity index (χ1v) is 6.30. The maximum Gasteiger partial charge on any atom is 0.326 e. The second-order valence-electron chi connectivity index (χ2n) is 4.70. The normalized spacial score (nSPS) is 12.0. The summed E-state index contributed by atoms with van der Waals surface area (Å²) in [6.07, 6.45) is 1.99. The van der Waals surface area contributed by atoms with Crippen molar-refractivity contribution in [2.75, 3.05) is 26.8 Å². The van der Waals surface area contributed by atoms with Crippen molar-refractivity contribution in [2.24, 2.45) is 5.92 Å². The minimum atomic E-state index is -1.02. The highest BCUT2D eigenvalue weighted by Crippen LogP contribution is 2.05. The molecule has 0 rings (SSSR count). The Hall–Kier alpha value is -1.56. The molecule has 6 nitrogen and oxygen atoms in total. The summed E-state index contributed by atoms with van der Waals surface area (Å²) in [5.41, 5.74) is 0. The number of aliphatic carboxylic acids is 1. The third kappa shape index (κ3) is 7.46. The predicted octanol–water partition coefficient (Wildman–Crippen LogP) is 1.33. The van der Waals surface area contributed by atoms with Gasteiger partial charge in [-0.05, 0) is 12.3 Å². The van der Waals surface area contributed by atoms with E-state index in [4.69, 9.17) is 9.84 Å². The molecular weight excluding hydrogens is 248 g/mol. The van der Waals surface area contributed by atoms with E-state index in [9.17, 15) is 9.59 Å². The van der Waals surface area contributed by atoms with Crippen LogP contribution in [-0.4, -0.2) is 54.9 Å². The topological polar surface area (TPSA) is 78.9 Å². The number of carboxylic acids is 1. The molecule has 2 N–H and O–H groups in total. The summed E-state index contributed by atoms with van der Waals surface area (Å²) < 4.78 is 4.91. The SMILES string of the molecule is C=CCN(CCOC)C(=O)NC(CC(C)C)C(=O)O. The van der Waals surface area contributed by atoms with Gasteiger partial charge in [0.1, 0.15) is 6.04 Å². The second-order valence-corrected chi connectivity index (χ2v) is 4.70. The zero-order valence-electron chi connectivity index (χ0n) is 11.9. The van der Waals surface area contributed by atoms with Gasteiger partial charge in [-0.15, -0.1) is 6.58 Å². The van der Waals surface area contributed by atoms with E-state index in [0.29, 0.717) is 26.1 Å². The molecule has 6 heteroatoms. The highest BCUT2D eigenvalue weighted by molar-refractivity contribution is 5.82. The van der Waals surface area contributed by atoms with E-state index in [1.54, 1.807) is 13.2 Å². The van der Waals surface area contributed by atoms with Crippen molar-refractivity contribution in [3.05, 3.63) is 12.7 Å². The first kappa shape index (κ1) is 17.4. The molecule has 0 aliphatic rings. The Morgan fingerprint density at radius 1 is 1.47 bits per heavy atom. The number of ether oxygens (including phenoxy) is 1. The van der Waals surface area contributed by atoms with Gasteiger partial charge in [0, 0.05) is 20.2 Å². The van der Waals surface area contributed by atoms with Crippen molar-refractivity contribution < 1.29 is 19.4 Å². The summed E-state index contributed by atoms with van der Waals surface area (Å²) in [5.74, 6) is -0.833. The molecule has 0 spiro atoms. The van der Waals surface area contributed by atoms with Crippen LogP contribution in [0.5, 0.6) is 0 Å². The Balaban J connectivity index is 4.55. The Morgan fingerprint density at radius 3 is 2.53 bits per heavy atom. The third-order valence-electron chi connectivity index (χ3n) is 2.50. The first-order chi connectivity index (χ1) is 8.92. The van der Waals surface area contributed by atoms with Crippen LogP contribution in [0.15, 0.2) is 12.7 Å². The van der Waals surface area contributed by atoms with Crippen molar-refractivity contribution in [2.45, 2.75) is 26.3 Å². The molecule has 0 saturated carbocycles. The second kappa shape index (κ2) is 9.38. The molecule has 0 aromatic carbocycles. The number of carboxylic acid groups (broad SMARTS) is 1. The molecule has 0 heterocycles. The van der Waals surface area contributed by atoms with Crippen LogP contribution in [0.2, 0.25) is 0 Å². The minimum Gasteiger partial charge on any atom is -0.480 e. The van der Waals surface area contributed by atoms with Gasteiger partial charge >= 0.3 is 12.0 Å². The predicted molar refractivity (Wildman–Crippen MR) is 73.1 cm³/mol. The first-order valence-electron chi connectivity index (χ1n) is 6.30. The van der Waals surface area contributed by atoms with Crippen LogP contribution >= 0.6 is 0 Å². The quantitative estimate of drug-likeness (QED) is 0.621. The highest BCUT2D eigenvalue weighted by atomic mass is 16.5. The van der Waals surface area contributed by atoms with E-state index in [0.717, 1.165) is 0 Å². The van der Waals surface area contributed by atoms with Crippen LogP contribution < -0.4 is 5.32 Å². The maximum atomic E-state index is 12.0.